The van der Waals surface area contributed by atoms with Crippen LogP contribution in [0.4, 0.5) is 5.69 Å². The van der Waals surface area contributed by atoms with Gasteiger partial charge in [0, 0.05) is 11.1 Å². The number of carbonyl (C=O) groups is 3. The predicted molar refractivity (Wildman–Crippen MR) is 132 cm³/mol. The lowest BCUT2D eigenvalue weighted by atomic mass is 9.75. The molecule has 8 nitrogen and oxygen atoms in total. The van der Waals surface area contributed by atoms with Gasteiger partial charge in [0.1, 0.15) is 0 Å². The number of aliphatic carboxylic acids is 1. The second kappa shape index (κ2) is 8.65. The first-order valence-corrected chi connectivity index (χ1v) is 11.7. The fourth-order valence-electron chi connectivity index (χ4n) is 5.34. The summed E-state index contributed by atoms with van der Waals surface area (Å²) in [4.78, 5) is 41.8. The summed E-state index contributed by atoms with van der Waals surface area (Å²) < 4.78 is 5.23. The molecule has 2 amide bonds. The highest BCUT2D eigenvalue weighted by Crippen LogP contribution is 2.54. The van der Waals surface area contributed by atoms with E-state index >= 15 is 0 Å². The van der Waals surface area contributed by atoms with Crippen LogP contribution in [0.1, 0.15) is 22.7 Å². The Morgan fingerprint density at radius 1 is 1.06 bits per heavy atom. The number of phenolic OH excluding ortho intramolecular Hbond substituents is 1. The Kier molecular flexibility index (Phi) is 5.73. The van der Waals surface area contributed by atoms with E-state index in [1.165, 1.54) is 25.3 Å². The number of amides is 2. The van der Waals surface area contributed by atoms with Gasteiger partial charge in [-0.25, -0.2) is 9.69 Å². The van der Waals surface area contributed by atoms with Crippen molar-refractivity contribution in [1.82, 2.24) is 5.32 Å². The van der Waals surface area contributed by atoms with Gasteiger partial charge in [-0.3, -0.25) is 14.9 Å². The fraction of sp³-hybridized carbons (Fsp3) is 0.222. The Hall–Kier alpha value is -3.88. The molecule has 2 saturated heterocycles. The highest BCUT2D eigenvalue weighted by atomic mass is 35.5. The molecule has 3 N–H and O–H groups in total. The Morgan fingerprint density at radius 2 is 1.78 bits per heavy atom. The normalized spacial score (nSPS) is 25.2. The molecule has 3 aromatic rings. The number of nitrogens with one attached hydrogen (secondary N) is 1. The van der Waals surface area contributed by atoms with Gasteiger partial charge in [-0.1, -0.05) is 54.1 Å². The molecule has 2 aliphatic heterocycles. The first-order valence-electron chi connectivity index (χ1n) is 11.3. The standard InChI is InChI=1S/C27H23ClN2O6/c1-14-8-10-17(13-18(14)28)30-24(32)21-22(25(30)33)27(26(34)35,16-6-4-3-5-7-16)29-23(21)15-9-11-19(31)20(12-15)36-2/h3-13,21-23,29,31H,1-2H3,(H,34,35). The van der Waals surface area contributed by atoms with Gasteiger partial charge in [0.2, 0.25) is 11.8 Å². The number of carboxylic acids is 1. The van der Waals surface area contributed by atoms with Crippen LogP contribution in [0, 0.1) is 18.8 Å². The molecule has 0 radical (unpaired) electrons. The van der Waals surface area contributed by atoms with Gasteiger partial charge in [-0.15, -0.1) is 0 Å². The van der Waals surface area contributed by atoms with Crippen molar-refractivity contribution >= 4 is 35.1 Å². The maximum Gasteiger partial charge on any atom is 0.329 e. The van der Waals surface area contributed by atoms with Gasteiger partial charge >= 0.3 is 5.97 Å². The quantitative estimate of drug-likeness (QED) is 0.451. The van der Waals surface area contributed by atoms with Crippen molar-refractivity contribution < 1.29 is 29.3 Å². The number of imide groups is 1. The average Bonchev–Trinajstić information content (AvgIpc) is 3.36. The minimum atomic E-state index is -1.88. The second-order valence-corrected chi connectivity index (χ2v) is 9.39. The molecule has 2 heterocycles. The minimum Gasteiger partial charge on any atom is -0.504 e. The summed E-state index contributed by atoms with van der Waals surface area (Å²) in [6, 6.07) is 16.9. The molecule has 0 bridgehead atoms. The van der Waals surface area contributed by atoms with Gasteiger partial charge in [0.05, 0.1) is 24.6 Å². The van der Waals surface area contributed by atoms with Crippen LogP contribution in [0.3, 0.4) is 0 Å². The number of carboxylic acid groups (broad SMARTS) is 1. The van der Waals surface area contributed by atoms with Crippen molar-refractivity contribution in [2.45, 2.75) is 18.5 Å². The highest BCUT2D eigenvalue weighted by Gasteiger charge is 2.69. The molecule has 3 aromatic carbocycles. The lowest BCUT2D eigenvalue weighted by molar-refractivity contribution is -0.149. The van der Waals surface area contributed by atoms with Crippen molar-refractivity contribution in [3.8, 4) is 11.5 Å². The highest BCUT2D eigenvalue weighted by molar-refractivity contribution is 6.32. The Labute approximate surface area is 212 Å². The minimum absolute atomic E-state index is 0.104. The van der Waals surface area contributed by atoms with Crippen LogP contribution in [-0.4, -0.2) is 35.1 Å². The van der Waals surface area contributed by atoms with Crippen molar-refractivity contribution in [2.24, 2.45) is 11.8 Å². The summed E-state index contributed by atoms with van der Waals surface area (Å²) in [5.41, 5.74) is 0.0378. The third kappa shape index (κ3) is 3.37. The zero-order chi connectivity index (χ0) is 25.8. The molecule has 2 aliphatic rings. The van der Waals surface area contributed by atoms with Crippen LogP contribution >= 0.6 is 11.6 Å². The molecule has 36 heavy (non-hydrogen) atoms. The number of nitrogens with zero attached hydrogens (tertiary/aromatic N) is 1. The molecule has 2 fully saturated rings. The average molecular weight is 507 g/mol. The number of methoxy groups -OCH3 is 1. The number of halogens is 1. The lowest BCUT2D eigenvalue weighted by Crippen LogP contribution is -2.53. The molecule has 4 unspecified atom stereocenters. The van der Waals surface area contributed by atoms with Crippen LogP contribution < -0.4 is 15.0 Å². The maximum atomic E-state index is 13.9. The van der Waals surface area contributed by atoms with Crippen LogP contribution in [0.5, 0.6) is 11.5 Å². The van der Waals surface area contributed by atoms with Crippen LogP contribution in [0.25, 0.3) is 0 Å². The van der Waals surface area contributed by atoms with E-state index < -0.39 is 41.2 Å². The number of fused-ring (bicyclic) bond motifs is 1. The summed E-state index contributed by atoms with van der Waals surface area (Å²) >= 11 is 6.29. The number of aromatic hydroxyl groups is 1. The zero-order valence-electron chi connectivity index (χ0n) is 19.4. The number of hydrogen-bond donors (Lipinski definition) is 3. The van der Waals surface area contributed by atoms with Gasteiger partial charge in [-0.2, -0.15) is 0 Å². The summed E-state index contributed by atoms with van der Waals surface area (Å²) in [6.45, 7) is 1.80. The SMILES string of the molecule is COc1cc(C2NC(C(=O)O)(c3ccccc3)C3C(=O)N(c4ccc(C)c(Cl)c4)C(=O)C23)ccc1O. The monoisotopic (exact) mass is 506 g/mol. The Bertz CT molecular complexity index is 1390. The molecule has 184 valence electrons. The maximum absolute atomic E-state index is 13.9. The smallest absolute Gasteiger partial charge is 0.329 e. The molecule has 0 spiro atoms. The number of ether oxygens (including phenoxy) is 1. The number of anilines is 1. The molecule has 4 atom stereocenters. The summed E-state index contributed by atoms with van der Waals surface area (Å²) in [5.74, 6) is -4.66. The Balaban J connectivity index is 1.72. The fourth-order valence-corrected chi connectivity index (χ4v) is 5.52. The van der Waals surface area contributed by atoms with E-state index in [0.717, 1.165) is 10.5 Å². The van der Waals surface area contributed by atoms with Crippen LogP contribution in [0.15, 0.2) is 66.7 Å². The van der Waals surface area contributed by atoms with Gasteiger partial charge in [-0.05, 0) is 47.9 Å². The van der Waals surface area contributed by atoms with Gasteiger partial charge in [0.25, 0.3) is 0 Å². The zero-order valence-corrected chi connectivity index (χ0v) is 20.2. The summed E-state index contributed by atoms with van der Waals surface area (Å²) in [7, 11) is 1.39. The largest absolute Gasteiger partial charge is 0.504 e. The number of carbonyl (C=O) groups excluding carboxylic acids is 2. The first-order chi connectivity index (χ1) is 17.2. The molecule has 0 aliphatic carbocycles. The van der Waals surface area contributed by atoms with Crippen molar-refractivity contribution in [1.29, 1.82) is 0 Å². The summed E-state index contributed by atoms with van der Waals surface area (Å²) in [6.07, 6.45) is 0. The molecular formula is C27H23ClN2O6. The van der Waals surface area contributed by atoms with E-state index in [1.807, 2.05) is 0 Å². The van der Waals surface area contributed by atoms with Crippen LogP contribution in [-0.2, 0) is 19.9 Å². The van der Waals surface area contributed by atoms with E-state index in [-0.39, 0.29) is 17.2 Å². The number of rotatable bonds is 5. The first kappa shape index (κ1) is 23.8. The van der Waals surface area contributed by atoms with E-state index in [0.29, 0.717) is 16.1 Å². The summed E-state index contributed by atoms with van der Waals surface area (Å²) in [5, 5.41) is 24.2. The third-order valence-electron chi connectivity index (χ3n) is 7.10. The van der Waals surface area contributed by atoms with E-state index in [4.69, 9.17) is 16.3 Å². The van der Waals surface area contributed by atoms with Crippen molar-refractivity contribution in [3.63, 3.8) is 0 Å². The Morgan fingerprint density at radius 3 is 2.42 bits per heavy atom. The van der Waals surface area contributed by atoms with Crippen LogP contribution in [0.2, 0.25) is 5.02 Å². The predicted octanol–water partition coefficient (Wildman–Crippen LogP) is 3.79. The number of benzene rings is 3. The lowest BCUT2D eigenvalue weighted by Gasteiger charge is -2.31. The number of hydrogen-bond acceptors (Lipinski definition) is 6. The molecule has 0 aromatic heterocycles. The molecule has 9 heteroatoms. The van der Waals surface area contributed by atoms with Crippen molar-refractivity contribution in [2.75, 3.05) is 12.0 Å². The number of aryl methyl sites for hydroxylation is 1. The number of phenols is 1. The molecule has 0 saturated carbocycles. The molecular weight excluding hydrogens is 484 g/mol. The van der Waals surface area contributed by atoms with Gasteiger partial charge in [0.15, 0.2) is 17.0 Å². The van der Waals surface area contributed by atoms with E-state index in [9.17, 15) is 24.6 Å². The third-order valence-corrected chi connectivity index (χ3v) is 7.51. The molecule has 5 rings (SSSR count). The second-order valence-electron chi connectivity index (χ2n) is 8.98. The van der Waals surface area contributed by atoms with E-state index in [1.54, 1.807) is 55.5 Å². The van der Waals surface area contributed by atoms with Crippen molar-refractivity contribution in [3.05, 3.63) is 88.4 Å². The van der Waals surface area contributed by atoms with Gasteiger partial charge < -0.3 is 14.9 Å². The topological polar surface area (TPSA) is 116 Å². The van der Waals surface area contributed by atoms with E-state index in [2.05, 4.69) is 5.32 Å².